The molecular formula is C14H6BrClN4. The number of hydrogen-bond acceptors (Lipinski definition) is 4. The van der Waals surface area contributed by atoms with Crippen LogP contribution in [0.3, 0.4) is 0 Å². The van der Waals surface area contributed by atoms with Gasteiger partial charge in [-0.3, -0.25) is 0 Å². The summed E-state index contributed by atoms with van der Waals surface area (Å²) < 4.78 is 0.922. The molecule has 0 radical (unpaired) electrons. The molecule has 4 nitrogen and oxygen atoms in total. The summed E-state index contributed by atoms with van der Waals surface area (Å²) in [7, 11) is 0. The molecule has 0 saturated carbocycles. The molecule has 0 unspecified atom stereocenters. The lowest BCUT2D eigenvalue weighted by Crippen LogP contribution is -1.94. The van der Waals surface area contributed by atoms with Gasteiger partial charge in [0.1, 0.15) is 5.52 Å². The minimum Gasteiger partial charge on any atom is -0.242 e. The van der Waals surface area contributed by atoms with Crippen LogP contribution in [0.1, 0.15) is 0 Å². The third-order valence-electron chi connectivity index (χ3n) is 3.09. The summed E-state index contributed by atoms with van der Waals surface area (Å²) >= 11 is 9.55. The first kappa shape index (κ1) is 11.9. The number of fused-ring (bicyclic) bond motifs is 4. The molecular weight excluding hydrogens is 340 g/mol. The summed E-state index contributed by atoms with van der Waals surface area (Å²) in [5.41, 5.74) is 3.52. The molecule has 0 bridgehead atoms. The fourth-order valence-electron chi connectivity index (χ4n) is 2.19. The van der Waals surface area contributed by atoms with Crippen LogP contribution in [0.5, 0.6) is 0 Å². The molecule has 0 aliphatic carbocycles. The maximum absolute atomic E-state index is 6.01. The van der Waals surface area contributed by atoms with E-state index in [9.17, 15) is 0 Å². The van der Waals surface area contributed by atoms with Crippen molar-refractivity contribution >= 4 is 60.6 Å². The van der Waals surface area contributed by atoms with Gasteiger partial charge in [0.25, 0.3) is 0 Å². The van der Waals surface area contributed by atoms with Crippen LogP contribution < -0.4 is 0 Å². The van der Waals surface area contributed by atoms with Crippen molar-refractivity contribution in [3.63, 3.8) is 0 Å². The summed E-state index contributed by atoms with van der Waals surface area (Å²) in [5.74, 6) is 0. The summed E-state index contributed by atoms with van der Waals surface area (Å²) in [6.07, 6.45) is 0. The first-order valence-corrected chi connectivity index (χ1v) is 7.07. The highest BCUT2D eigenvalue weighted by molar-refractivity contribution is 9.10. The van der Waals surface area contributed by atoms with E-state index < -0.39 is 0 Å². The summed E-state index contributed by atoms with van der Waals surface area (Å²) in [6.45, 7) is 0. The number of benzene rings is 2. The lowest BCUT2D eigenvalue weighted by Gasteiger charge is -2.04. The van der Waals surface area contributed by atoms with E-state index in [2.05, 4.69) is 36.1 Å². The molecule has 20 heavy (non-hydrogen) atoms. The van der Waals surface area contributed by atoms with Gasteiger partial charge in [-0.1, -0.05) is 33.6 Å². The Morgan fingerprint density at radius 3 is 2.70 bits per heavy atom. The van der Waals surface area contributed by atoms with E-state index >= 15 is 0 Å². The van der Waals surface area contributed by atoms with Crippen LogP contribution in [0.15, 0.2) is 40.9 Å². The minimum absolute atomic E-state index is 0.527. The zero-order valence-corrected chi connectivity index (χ0v) is 12.4. The number of hydrogen-bond donors (Lipinski definition) is 0. The van der Waals surface area contributed by atoms with Gasteiger partial charge in [-0.15, -0.1) is 10.2 Å². The van der Waals surface area contributed by atoms with Crippen molar-refractivity contribution in [1.82, 2.24) is 20.2 Å². The molecule has 2 aromatic heterocycles. The molecule has 0 fully saturated rings. The third kappa shape index (κ3) is 1.74. The first-order chi connectivity index (χ1) is 9.72. The van der Waals surface area contributed by atoms with Crippen LogP contribution in [0.25, 0.3) is 33.1 Å². The fraction of sp³-hybridized carbons (Fsp3) is 0. The SMILES string of the molecule is Clc1ccc2nc3nnc4cccc(Br)c4c3nc2c1. The lowest BCUT2D eigenvalue weighted by molar-refractivity contribution is 1.09. The van der Waals surface area contributed by atoms with Crippen LogP contribution in [0.2, 0.25) is 5.02 Å². The van der Waals surface area contributed by atoms with Crippen LogP contribution in [-0.2, 0) is 0 Å². The molecule has 0 saturated heterocycles. The molecule has 6 heteroatoms. The van der Waals surface area contributed by atoms with Crippen LogP contribution in [0.4, 0.5) is 0 Å². The van der Waals surface area contributed by atoms with E-state index in [-0.39, 0.29) is 0 Å². The van der Waals surface area contributed by atoms with Gasteiger partial charge in [0.05, 0.1) is 16.6 Å². The van der Waals surface area contributed by atoms with Crippen molar-refractivity contribution in [2.75, 3.05) is 0 Å². The molecule has 2 aromatic carbocycles. The van der Waals surface area contributed by atoms with Gasteiger partial charge in [-0.05, 0) is 30.3 Å². The van der Waals surface area contributed by atoms with Gasteiger partial charge in [-0.2, -0.15) is 0 Å². The first-order valence-electron chi connectivity index (χ1n) is 5.90. The van der Waals surface area contributed by atoms with Gasteiger partial charge >= 0.3 is 0 Å². The molecule has 0 atom stereocenters. The molecule has 0 N–H and O–H groups in total. The smallest absolute Gasteiger partial charge is 0.201 e. The predicted octanol–water partition coefficient (Wildman–Crippen LogP) is 4.14. The van der Waals surface area contributed by atoms with Crippen LogP contribution >= 0.6 is 27.5 Å². The Balaban J connectivity index is 2.26. The average molecular weight is 346 g/mol. The fourth-order valence-corrected chi connectivity index (χ4v) is 2.90. The number of aromatic nitrogens is 4. The Labute approximate surface area is 126 Å². The van der Waals surface area contributed by atoms with Crippen molar-refractivity contribution in [2.45, 2.75) is 0 Å². The highest BCUT2D eigenvalue weighted by atomic mass is 79.9. The van der Waals surface area contributed by atoms with E-state index in [0.717, 1.165) is 31.9 Å². The normalized spacial score (nSPS) is 11.5. The molecule has 96 valence electrons. The van der Waals surface area contributed by atoms with Gasteiger partial charge in [0.2, 0.25) is 5.65 Å². The van der Waals surface area contributed by atoms with E-state index in [4.69, 9.17) is 11.6 Å². The number of rotatable bonds is 0. The maximum Gasteiger partial charge on any atom is 0.201 e. The predicted molar refractivity (Wildman–Crippen MR) is 82.9 cm³/mol. The molecule has 0 amide bonds. The van der Waals surface area contributed by atoms with Gasteiger partial charge in [-0.25, -0.2) is 9.97 Å². The molecule has 4 rings (SSSR count). The molecule has 4 aromatic rings. The number of nitrogens with zero attached hydrogens (tertiary/aromatic N) is 4. The molecule has 0 spiro atoms. The Hall–Kier alpha value is -1.85. The molecule has 0 aliphatic rings. The monoisotopic (exact) mass is 344 g/mol. The topological polar surface area (TPSA) is 51.6 Å². The standard InChI is InChI=1S/C14H6BrClN4/c15-8-2-1-3-10-12(8)13-14(20-19-10)18-9-5-4-7(16)6-11(9)17-13/h1-6H. The van der Waals surface area contributed by atoms with Crippen LogP contribution in [-0.4, -0.2) is 20.2 Å². The Morgan fingerprint density at radius 2 is 1.80 bits per heavy atom. The highest BCUT2D eigenvalue weighted by Crippen LogP contribution is 2.28. The van der Waals surface area contributed by atoms with Crippen molar-refractivity contribution in [2.24, 2.45) is 0 Å². The zero-order valence-electron chi connectivity index (χ0n) is 10.0. The zero-order chi connectivity index (χ0) is 13.7. The quantitative estimate of drug-likeness (QED) is 0.355. The Kier molecular flexibility index (Phi) is 2.58. The Morgan fingerprint density at radius 1 is 0.900 bits per heavy atom. The second-order valence-electron chi connectivity index (χ2n) is 4.36. The Bertz CT molecular complexity index is 987. The third-order valence-corrected chi connectivity index (χ3v) is 3.98. The highest BCUT2D eigenvalue weighted by Gasteiger charge is 2.10. The van der Waals surface area contributed by atoms with Gasteiger partial charge in [0.15, 0.2) is 0 Å². The summed E-state index contributed by atoms with van der Waals surface area (Å²) in [4.78, 5) is 9.14. The molecule has 2 heterocycles. The second-order valence-corrected chi connectivity index (χ2v) is 5.65. The molecule has 0 aliphatic heterocycles. The van der Waals surface area contributed by atoms with E-state index in [1.165, 1.54) is 0 Å². The average Bonchev–Trinajstić information content (AvgIpc) is 2.45. The van der Waals surface area contributed by atoms with Crippen molar-refractivity contribution in [1.29, 1.82) is 0 Å². The lowest BCUT2D eigenvalue weighted by atomic mass is 10.2. The minimum atomic E-state index is 0.527. The van der Waals surface area contributed by atoms with E-state index in [1.807, 2.05) is 24.3 Å². The largest absolute Gasteiger partial charge is 0.242 e. The van der Waals surface area contributed by atoms with Crippen LogP contribution in [0, 0.1) is 0 Å². The number of halogens is 2. The van der Waals surface area contributed by atoms with Crippen molar-refractivity contribution in [3.05, 3.63) is 45.9 Å². The second kappa shape index (κ2) is 4.33. The summed E-state index contributed by atoms with van der Waals surface area (Å²) in [6, 6.07) is 11.2. The van der Waals surface area contributed by atoms with Gasteiger partial charge in [0, 0.05) is 14.9 Å². The van der Waals surface area contributed by atoms with E-state index in [0.29, 0.717) is 10.7 Å². The van der Waals surface area contributed by atoms with Crippen molar-refractivity contribution in [3.8, 4) is 0 Å². The maximum atomic E-state index is 6.01. The summed E-state index contributed by atoms with van der Waals surface area (Å²) in [5, 5.41) is 9.88. The van der Waals surface area contributed by atoms with Gasteiger partial charge < -0.3 is 0 Å². The van der Waals surface area contributed by atoms with E-state index in [1.54, 1.807) is 12.1 Å². The van der Waals surface area contributed by atoms with Crippen molar-refractivity contribution < 1.29 is 0 Å².